The number of anilines is 2. The van der Waals surface area contributed by atoms with Gasteiger partial charge in [-0.2, -0.15) is 7.11 Å². The Labute approximate surface area is 689 Å². The number of pyridine rings is 2. The van der Waals surface area contributed by atoms with Crippen LogP contribution in [-0.2, 0) is 22.5 Å². The van der Waals surface area contributed by atoms with Gasteiger partial charge in [0.15, 0.2) is 60.3 Å². The molecule has 1 aliphatic rings. The Morgan fingerprint density at radius 1 is 0.532 bits per heavy atom. The molecule has 109 heavy (non-hydrogen) atoms. The van der Waals surface area contributed by atoms with E-state index in [1.54, 1.807) is 69.3 Å². The molecule has 0 radical (unpaired) electrons. The molecule has 35 heteroatoms. The maximum absolute atomic E-state index is 13.2. The van der Waals surface area contributed by atoms with E-state index >= 15 is 0 Å². The van der Waals surface area contributed by atoms with E-state index in [2.05, 4.69) is 90.4 Å². The van der Waals surface area contributed by atoms with Gasteiger partial charge >= 0.3 is 36.7 Å². The second kappa shape index (κ2) is 48.0. The molecule has 0 amide bonds. The summed E-state index contributed by atoms with van der Waals surface area (Å²) < 4.78 is 56.6. The average Bonchev–Trinajstić information content (AvgIpc) is 1.65. The summed E-state index contributed by atoms with van der Waals surface area (Å²) in [6.45, 7) is 17.3. The fraction of sp³-hybridized carbons (Fsp3) is 0.324. The number of hydrogen-bond donors (Lipinski definition) is 5. The molecule has 6 N–H and O–H groups in total. The number of aromatic nitrogens is 14. The van der Waals surface area contributed by atoms with Gasteiger partial charge in [-0.25, -0.2) is 23.7 Å². The summed E-state index contributed by atoms with van der Waals surface area (Å²) in [7, 11) is 4.79. The Balaban J connectivity index is 0.000000684. The number of hydrogen-bond acceptors (Lipinski definition) is 23. The predicted molar refractivity (Wildman–Crippen MR) is 425 cm³/mol. The number of ether oxygens (including phenoxy) is 3. The number of aliphatic hydroxyl groups excluding tert-OH is 2. The number of methoxy groups -OCH3 is 3. The molecule has 25 nitrogen and oxygen atoms in total. The van der Waals surface area contributed by atoms with Crippen molar-refractivity contribution < 1.29 is 77.2 Å². The molecular formula is C74H93BCl6F2N17NaO8. The van der Waals surface area contributed by atoms with Crippen molar-refractivity contribution in [3.05, 3.63) is 234 Å². The van der Waals surface area contributed by atoms with Crippen molar-refractivity contribution in [1.82, 2.24) is 69.9 Å². The average molecular weight is 1630 g/mol. The van der Waals surface area contributed by atoms with Gasteiger partial charge in [0.2, 0.25) is 0 Å². The van der Waals surface area contributed by atoms with Crippen molar-refractivity contribution >= 4 is 94.0 Å². The van der Waals surface area contributed by atoms with Gasteiger partial charge < -0.3 is 64.3 Å². The third-order valence-electron chi connectivity index (χ3n) is 15.2. The third-order valence-corrected chi connectivity index (χ3v) is 16.8. The largest absolute Gasteiger partial charge is 1.00 e. The van der Waals surface area contributed by atoms with Gasteiger partial charge in [0.05, 0.1) is 121 Å². The Morgan fingerprint density at radius 3 is 1.38 bits per heavy atom. The van der Waals surface area contributed by atoms with E-state index in [0.29, 0.717) is 62.3 Å². The van der Waals surface area contributed by atoms with Gasteiger partial charge in [0.25, 0.3) is 0 Å². The molecule has 1 saturated heterocycles. The molecule has 3 aromatic carbocycles. The molecule has 0 spiro atoms. The number of nitrogens with one attached hydrogen (secondary N) is 2. The fourth-order valence-corrected chi connectivity index (χ4v) is 9.99. The number of nitrogens with zero attached hydrogens (tertiary/aromatic N) is 14. The zero-order chi connectivity index (χ0) is 76.4. The first kappa shape index (κ1) is 99.1. The Hall–Kier alpha value is -7.88. The van der Waals surface area contributed by atoms with E-state index in [9.17, 15) is 19.0 Å². The van der Waals surface area contributed by atoms with Crippen LogP contribution < -0.4 is 70.8 Å². The molecule has 1 aliphatic heterocycles. The summed E-state index contributed by atoms with van der Waals surface area (Å²) in [4.78, 5) is 17.5. The minimum absolute atomic E-state index is 0. The van der Waals surface area contributed by atoms with Crippen LogP contribution in [0.3, 0.4) is 0 Å². The minimum atomic E-state index is -0.538. The molecular weight excluding hydrogens is 1540 g/mol. The van der Waals surface area contributed by atoms with E-state index < -0.39 is 18.3 Å². The molecule has 0 saturated carbocycles. The number of halogens is 8. The zero-order valence-electron chi connectivity index (χ0n) is 59.9. The first-order valence-corrected chi connectivity index (χ1v) is 33.7. The second-order valence-corrected chi connectivity index (χ2v) is 25.5. The van der Waals surface area contributed by atoms with Crippen LogP contribution in [-0.4, -0.2) is 127 Å². The Bertz CT molecular complexity index is 4500. The first-order chi connectivity index (χ1) is 49.5. The summed E-state index contributed by atoms with van der Waals surface area (Å²) in [6, 6.07) is 36.4. The first-order valence-electron chi connectivity index (χ1n) is 31.5. The number of aliphatic hydroxyl groups is 2. The van der Waals surface area contributed by atoms with Gasteiger partial charge in [-0.05, 0) is 134 Å². The van der Waals surface area contributed by atoms with Crippen LogP contribution in [0, 0.1) is 25.5 Å². The molecule has 582 valence electrons. The van der Waals surface area contributed by atoms with Gasteiger partial charge in [0, 0.05) is 36.6 Å². The topological polar surface area (TPSA) is 324 Å². The van der Waals surface area contributed by atoms with Crippen molar-refractivity contribution in [3.8, 4) is 40.0 Å². The van der Waals surface area contributed by atoms with Crippen molar-refractivity contribution in [1.29, 1.82) is 0 Å². The normalized spacial score (nSPS) is 12.5. The second-order valence-electron chi connectivity index (χ2n) is 23.2. The fourth-order valence-electron chi connectivity index (χ4n) is 9.08. The molecule has 3 atom stereocenters. The van der Waals surface area contributed by atoms with Gasteiger partial charge in [-0.3, -0.25) is 4.98 Å². The van der Waals surface area contributed by atoms with Crippen molar-refractivity contribution in [2.24, 2.45) is 5.73 Å². The van der Waals surface area contributed by atoms with E-state index in [0.717, 1.165) is 41.0 Å². The molecule has 9 heterocycles. The van der Waals surface area contributed by atoms with Gasteiger partial charge in [-0.1, -0.05) is 154 Å². The van der Waals surface area contributed by atoms with Crippen LogP contribution in [0.15, 0.2) is 152 Å². The molecule has 0 bridgehead atoms. The summed E-state index contributed by atoms with van der Waals surface area (Å²) >= 11 is 33.2. The van der Waals surface area contributed by atoms with E-state index in [-0.39, 0.29) is 128 Å². The number of rotatable bonds is 16. The SMILES string of the molecule is C.C.C.C.COc1cc(Cl)nnc1Cl.COc1cc(N[C@@H](C)c2ccc(F)cc2)nnc1-c1ccc(-n2cnc(C)c2)c(CO)n1.COc1cc(N[C@@H](C)c2ccccc2)nnc1Cl.C[C@H](N)c1ccc(F)cc1.C[O-].Cc1cn(-c2ccc(B3OC(C)(C)C(C)(C)O3)nc2CO)cn1.Clc1cc(Cl)c(Cl)nn1.[Na+]. The molecule has 0 aliphatic carbocycles. The van der Waals surface area contributed by atoms with Crippen LogP contribution >= 0.6 is 69.6 Å². The summed E-state index contributed by atoms with van der Waals surface area (Å²) in [5.74, 6) is 2.07. The van der Waals surface area contributed by atoms with Crippen LogP contribution in [0.2, 0.25) is 30.8 Å². The molecule has 11 aromatic rings. The van der Waals surface area contributed by atoms with Gasteiger partial charge in [-0.15, -0.1) is 40.8 Å². The van der Waals surface area contributed by atoms with Crippen LogP contribution in [0.25, 0.3) is 22.8 Å². The minimum Gasteiger partial charge on any atom is -0.857 e. The number of imidazole rings is 2. The van der Waals surface area contributed by atoms with E-state index in [1.165, 1.54) is 49.1 Å². The summed E-state index contributed by atoms with van der Waals surface area (Å²) in [6.07, 6.45) is 7.14. The Morgan fingerprint density at radius 2 is 0.945 bits per heavy atom. The van der Waals surface area contributed by atoms with Gasteiger partial charge in [0.1, 0.15) is 11.6 Å². The van der Waals surface area contributed by atoms with E-state index in [1.807, 2.05) is 113 Å². The summed E-state index contributed by atoms with van der Waals surface area (Å²) in [5, 5.41) is 66.0. The summed E-state index contributed by atoms with van der Waals surface area (Å²) in [5.41, 5.74) is 13.7. The van der Waals surface area contributed by atoms with Crippen molar-refractivity contribution in [2.45, 2.75) is 135 Å². The monoisotopic (exact) mass is 1630 g/mol. The number of aryl methyl sites for hydroxylation is 2. The van der Waals surface area contributed by atoms with Crippen LogP contribution in [0.5, 0.6) is 17.2 Å². The molecule has 8 aromatic heterocycles. The standard InChI is InChI=1S/C23H23FN6O2.C16H22BN3O3.C13H14ClN3O.C8H10FN.C5H4Cl2N2O.C4HCl3N2.CH3O.4CH4.Na/c1-14-11-30(13-25-14)20-9-8-18(27-19(20)12-31)23-21(32-3)10-22(28-29-23)26-15(2)16-4-6-17(24)7-5-16;1-11-8-20(10-18-11)13-6-7-14(19-12(13)9-21)17-22-15(2,3)16(4,5)23-17;1-9(10-6-4-3-5-7-10)15-12-8-11(18-2)13(14)17-16-12;1-6(10)7-2-4-8(9)5-3-7;1-10-3-2-4(6)8-9-5(3)7;5-2-1-3(6)8-9-4(2)7;1-2;;;;;/h4-11,13,15,31H,12H2,1-3H3,(H,26,28);6-8,10,21H,9H2,1-5H3;3-9H,1-2H3,(H,15,16);2-6H,10H2,1H3;2H,1H3;1H;1H3;4*1H4;/q;;;;;;-1;;;;;+1/t15-;;9-;6-;;;;;;;;/m0.00......../s1. The third kappa shape index (κ3) is 29.4. The predicted octanol–water partition coefficient (Wildman–Crippen LogP) is 13.1. The van der Waals surface area contributed by atoms with Crippen LogP contribution in [0.4, 0.5) is 20.4 Å². The molecule has 1 fully saturated rings. The Kier molecular flexibility index (Phi) is 43.7. The zero-order valence-corrected chi connectivity index (χ0v) is 66.4. The maximum atomic E-state index is 13.2. The van der Waals surface area contributed by atoms with Crippen molar-refractivity contribution in [2.75, 3.05) is 39.1 Å². The van der Waals surface area contributed by atoms with Crippen molar-refractivity contribution in [3.63, 3.8) is 0 Å². The molecule has 0 unspecified atom stereocenters. The quantitative estimate of drug-likeness (QED) is 0.0561. The number of benzene rings is 3. The maximum Gasteiger partial charge on any atom is 1.00 e. The number of nitrogens with two attached hydrogens (primary N) is 1. The van der Waals surface area contributed by atoms with Crippen LogP contribution in [0.1, 0.15) is 136 Å². The molecule has 12 rings (SSSR count). The van der Waals surface area contributed by atoms with E-state index in [4.69, 9.17) is 104 Å². The smallest absolute Gasteiger partial charge is 0.857 e.